The van der Waals surface area contributed by atoms with Gasteiger partial charge in [-0.1, -0.05) is 11.6 Å². The Hall–Kier alpha value is -1.46. The first kappa shape index (κ1) is 12.6. The number of halogens is 1. The van der Waals surface area contributed by atoms with Crippen LogP contribution in [0.4, 0.5) is 5.69 Å². The first-order chi connectivity index (χ1) is 7.56. The van der Waals surface area contributed by atoms with Crippen molar-refractivity contribution in [2.45, 2.75) is 6.42 Å². The third kappa shape index (κ3) is 3.01. The van der Waals surface area contributed by atoms with Crippen LogP contribution in [0.15, 0.2) is 12.1 Å². The molecular weight excluding hydrogens is 234 g/mol. The standard InChI is InChI=1S/C10H12ClNO4/c11-8-5-6(12)4-7(10(14)15)9(8)16-3-1-2-13/h4-5,13H,1-3,12H2,(H,14,15). The summed E-state index contributed by atoms with van der Waals surface area (Å²) in [7, 11) is 0. The summed E-state index contributed by atoms with van der Waals surface area (Å²) in [5.41, 5.74) is 5.66. The maximum absolute atomic E-state index is 10.9. The Bertz CT molecular complexity index is 395. The maximum Gasteiger partial charge on any atom is 0.339 e. The summed E-state index contributed by atoms with van der Waals surface area (Å²) in [5.74, 6) is -1.08. The number of aliphatic hydroxyl groups excluding tert-OH is 1. The highest BCUT2D eigenvalue weighted by molar-refractivity contribution is 6.33. The SMILES string of the molecule is Nc1cc(Cl)c(OCCCO)c(C(=O)O)c1. The Kier molecular flexibility index (Phi) is 4.39. The van der Waals surface area contributed by atoms with Crippen molar-refractivity contribution in [1.82, 2.24) is 0 Å². The first-order valence-corrected chi connectivity index (χ1v) is 5.00. The van der Waals surface area contributed by atoms with Gasteiger partial charge in [0.2, 0.25) is 0 Å². The van der Waals surface area contributed by atoms with Crippen molar-refractivity contribution in [2.24, 2.45) is 0 Å². The molecule has 0 saturated heterocycles. The predicted molar refractivity (Wildman–Crippen MR) is 60.0 cm³/mol. The van der Waals surface area contributed by atoms with Crippen LogP contribution in [0.25, 0.3) is 0 Å². The van der Waals surface area contributed by atoms with Gasteiger partial charge in [-0.25, -0.2) is 4.79 Å². The average molecular weight is 246 g/mol. The molecule has 0 radical (unpaired) electrons. The van der Waals surface area contributed by atoms with Crippen LogP contribution in [-0.2, 0) is 0 Å². The third-order valence-electron chi connectivity index (χ3n) is 1.85. The highest BCUT2D eigenvalue weighted by Gasteiger charge is 2.16. The molecule has 6 heteroatoms. The maximum atomic E-state index is 10.9. The van der Waals surface area contributed by atoms with E-state index in [1.54, 1.807) is 0 Å². The van der Waals surface area contributed by atoms with Gasteiger partial charge < -0.3 is 20.7 Å². The number of aliphatic hydroxyl groups is 1. The molecule has 0 atom stereocenters. The fourth-order valence-corrected chi connectivity index (χ4v) is 1.44. The Morgan fingerprint density at radius 2 is 2.19 bits per heavy atom. The van der Waals surface area contributed by atoms with E-state index >= 15 is 0 Å². The zero-order valence-electron chi connectivity index (χ0n) is 8.44. The number of rotatable bonds is 5. The molecule has 0 bridgehead atoms. The number of nitrogens with two attached hydrogens (primary N) is 1. The molecule has 0 spiro atoms. The van der Waals surface area contributed by atoms with Crippen molar-refractivity contribution < 1.29 is 19.7 Å². The Labute approximate surface area is 97.4 Å². The van der Waals surface area contributed by atoms with E-state index in [0.29, 0.717) is 6.42 Å². The number of benzene rings is 1. The molecule has 0 aliphatic carbocycles. The number of nitrogen functional groups attached to an aromatic ring is 1. The highest BCUT2D eigenvalue weighted by atomic mass is 35.5. The Morgan fingerprint density at radius 3 is 2.75 bits per heavy atom. The summed E-state index contributed by atoms with van der Waals surface area (Å²) in [6.45, 7) is 0.162. The smallest absolute Gasteiger partial charge is 0.339 e. The number of ether oxygens (including phenoxy) is 1. The minimum Gasteiger partial charge on any atom is -0.491 e. The van der Waals surface area contributed by atoms with Gasteiger partial charge in [-0.2, -0.15) is 0 Å². The van der Waals surface area contributed by atoms with Crippen LogP contribution in [0.2, 0.25) is 5.02 Å². The normalized spacial score (nSPS) is 10.1. The fraction of sp³-hybridized carbons (Fsp3) is 0.300. The Morgan fingerprint density at radius 1 is 1.50 bits per heavy atom. The molecule has 4 N–H and O–H groups in total. The molecule has 1 aromatic carbocycles. The molecule has 0 unspecified atom stereocenters. The molecule has 0 heterocycles. The third-order valence-corrected chi connectivity index (χ3v) is 2.13. The van der Waals surface area contributed by atoms with Crippen LogP contribution in [0.5, 0.6) is 5.75 Å². The minimum atomic E-state index is -1.16. The number of carbonyl (C=O) groups is 1. The Balaban J connectivity index is 2.99. The van der Waals surface area contributed by atoms with E-state index in [9.17, 15) is 4.79 Å². The molecule has 16 heavy (non-hydrogen) atoms. The molecule has 0 saturated carbocycles. The molecule has 1 rings (SSSR count). The van der Waals surface area contributed by atoms with Gasteiger partial charge in [-0.05, 0) is 12.1 Å². The molecule has 5 nitrogen and oxygen atoms in total. The highest BCUT2D eigenvalue weighted by Crippen LogP contribution is 2.31. The molecule has 0 amide bonds. The lowest BCUT2D eigenvalue weighted by atomic mass is 10.2. The van der Waals surface area contributed by atoms with Crippen LogP contribution < -0.4 is 10.5 Å². The van der Waals surface area contributed by atoms with Crippen LogP contribution in [0, 0.1) is 0 Å². The first-order valence-electron chi connectivity index (χ1n) is 4.62. The summed E-state index contributed by atoms with van der Waals surface area (Å²) in [4.78, 5) is 10.9. The lowest BCUT2D eigenvalue weighted by Crippen LogP contribution is -2.07. The van der Waals surface area contributed by atoms with Crippen molar-refractivity contribution in [3.8, 4) is 5.75 Å². The zero-order chi connectivity index (χ0) is 12.1. The lowest BCUT2D eigenvalue weighted by Gasteiger charge is -2.11. The van der Waals surface area contributed by atoms with Crippen molar-refractivity contribution in [2.75, 3.05) is 18.9 Å². The monoisotopic (exact) mass is 245 g/mol. The largest absolute Gasteiger partial charge is 0.491 e. The topological polar surface area (TPSA) is 92.8 Å². The second-order valence-electron chi connectivity index (χ2n) is 3.11. The summed E-state index contributed by atoms with van der Waals surface area (Å²) in [6.07, 6.45) is 0.403. The van der Waals surface area contributed by atoms with Gasteiger partial charge in [-0.3, -0.25) is 0 Å². The van der Waals surface area contributed by atoms with E-state index in [2.05, 4.69) is 0 Å². The molecular formula is C10H12ClNO4. The van der Waals surface area contributed by atoms with Crippen LogP contribution in [-0.4, -0.2) is 29.4 Å². The van der Waals surface area contributed by atoms with E-state index in [0.717, 1.165) is 0 Å². The van der Waals surface area contributed by atoms with Crippen LogP contribution in [0.3, 0.4) is 0 Å². The fourth-order valence-electron chi connectivity index (χ4n) is 1.16. The van der Waals surface area contributed by atoms with Gasteiger partial charge >= 0.3 is 5.97 Å². The van der Waals surface area contributed by atoms with E-state index in [1.807, 2.05) is 0 Å². The van der Waals surface area contributed by atoms with E-state index < -0.39 is 5.97 Å². The summed E-state index contributed by atoms with van der Waals surface area (Å²) >= 11 is 5.83. The van der Waals surface area contributed by atoms with Crippen molar-refractivity contribution in [3.05, 3.63) is 22.7 Å². The predicted octanol–water partition coefficient (Wildman–Crippen LogP) is 1.38. The second-order valence-corrected chi connectivity index (χ2v) is 3.52. The number of aromatic carboxylic acids is 1. The number of hydrogen-bond acceptors (Lipinski definition) is 4. The lowest BCUT2D eigenvalue weighted by molar-refractivity contribution is 0.0692. The number of hydrogen-bond donors (Lipinski definition) is 3. The van der Waals surface area contributed by atoms with Crippen LogP contribution in [0.1, 0.15) is 16.8 Å². The van der Waals surface area contributed by atoms with E-state index in [4.69, 9.17) is 32.3 Å². The molecule has 0 aromatic heterocycles. The molecule has 88 valence electrons. The van der Waals surface area contributed by atoms with Gasteiger partial charge in [0.15, 0.2) is 5.75 Å². The molecule has 0 aliphatic rings. The summed E-state index contributed by atoms with van der Waals surface area (Å²) in [5, 5.41) is 17.7. The number of anilines is 1. The van der Waals surface area contributed by atoms with Crippen LogP contribution >= 0.6 is 11.6 Å². The number of carboxylic acid groups (broad SMARTS) is 1. The molecule has 0 fully saturated rings. The summed E-state index contributed by atoms with van der Waals surface area (Å²) < 4.78 is 5.20. The van der Waals surface area contributed by atoms with E-state index in [-0.39, 0.29) is 35.2 Å². The van der Waals surface area contributed by atoms with Gasteiger partial charge in [-0.15, -0.1) is 0 Å². The van der Waals surface area contributed by atoms with Gasteiger partial charge in [0.25, 0.3) is 0 Å². The summed E-state index contributed by atoms with van der Waals surface area (Å²) in [6, 6.07) is 2.70. The van der Waals surface area contributed by atoms with Gasteiger partial charge in [0.05, 0.1) is 11.6 Å². The van der Waals surface area contributed by atoms with E-state index in [1.165, 1.54) is 12.1 Å². The minimum absolute atomic E-state index is 0.0327. The molecule has 0 aliphatic heterocycles. The van der Waals surface area contributed by atoms with Gasteiger partial charge in [0, 0.05) is 18.7 Å². The quantitative estimate of drug-likeness (QED) is 0.538. The van der Waals surface area contributed by atoms with Crippen molar-refractivity contribution >= 4 is 23.3 Å². The average Bonchev–Trinajstić information content (AvgIpc) is 2.20. The molecule has 1 aromatic rings. The number of carboxylic acids is 1. The van der Waals surface area contributed by atoms with Crippen molar-refractivity contribution in [3.63, 3.8) is 0 Å². The van der Waals surface area contributed by atoms with Gasteiger partial charge in [0.1, 0.15) is 5.56 Å². The zero-order valence-corrected chi connectivity index (χ0v) is 9.20. The van der Waals surface area contributed by atoms with Crippen molar-refractivity contribution in [1.29, 1.82) is 0 Å². The second kappa shape index (κ2) is 5.58.